The maximum Gasteiger partial charge on any atom is 0.218 e. The Labute approximate surface area is 83.8 Å². The Morgan fingerprint density at radius 2 is 1.50 bits per heavy atom. The Hall–Kier alpha value is -0.990. The van der Waals surface area contributed by atoms with E-state index in [2.05, 4.69) is 0 Å². The lowest BCUT2D eigenvalue weighted by atomic mass is 10.3. The van der Waals surface area contributed by atoms with E-state index in [1.165, 1.54) is 0 Å². The second kappa shape index (κ2) is 6.46. The van der Waals surface area contributed by atoms with Crippen molar-refractivity contribution in [3.63, 3.8) is 0 Å². The molecule has 14 heavy (non-hydrogen) atoms. The van der Waals surface area contributed by atoms with Gasteiger partial charge in [0.1, 0.15) is 0 Å². The average molecular weight is 222 g/mol. The molecule has 0 rings (SSSR count). The molecular formula is C6H12N3O4S-. The van der Waals surface area contributed by atoms with E-state index < -0.39 is 23.1 Å². The van der Waals surface area contributed by atoms with Crippen LogP contribution in [-0.4, -0.2) is 38.0 Å². The summed E-state index contributed by atoms with van der Waals surface area (Å²) in [5.41, 5.74) is 9.68. The monoisotopic (exact) mass is 222 g/mol. The first-order valence-corrected chi connectivity index (χ1v) is 4.87. The van der Waals surface area contributed by atoms with Crippen LogP contribution in [0.25, 0.3) is 0 Å². The summed E-state index contributed by atoms with van der Waals surface area (Å²) in [5, 5.41) is 0. The van der Waals surface area contributed by atoms with Gasteiger partial charge < -0.3 is 16.0 Å². The Balaban J connectivity index is 3.96. The summed E-state index contributed by atoms with van der Waals surface area (Å²) in [6.45, 7) is -0.0581. The van der Waals surface area contributed by atoms with Crippen molar-refractivity contribution < 1.29 is 18.4 Å². The highest BCUT2D eigenvalue weighted by Crippen LogP contribution is 1.96. The topological polar surface area (TPSA) is 130 Å². The lowest BCUT2D eigenvalue weighted by Gasteiger charge is -2.22. The van der Waals surface area contributed by atoms with Gasteiger partial charge in [-0.2, -0.15) is 0 Å². The van der Waals surface area contributed by atoms with Crippen LogP contribution in [0.4, 0.5) is 0 Å². The highest BCUT2D eigenvalue weighted by molar-refractivity contribution is 7.76. The fourth-order valence-electron chi connectivity index (χ4n) is 0.731. The molecule has 0 bridgehead atoms. The van der Waals surface area contributed by atoms with Crippen LogP contribution in [0.3, 0.4) is 0 Å². The van der Waals surface area contributed by atoms with Crippen LogP contribution in [0, 0.1) is 0 Å². The standard InChI is InChI=1S/C6H13N3O4S/c7-5(10)1-3-9(14(12)13)4-2-6(8)11/h1-4H2,(H2,7,10)(H2,8,11)(H,12,13)/p-1. The van der Waals surface area contributed by atoms with Gasteiger partial charge in [0, 0.05) is 37.2 Å². The van der Waals surface area contributed by atoms with Crippen molar-refractivity contribution in [2.24, 2.45) is 11.5 Å². The highest BCUT2D eigenvalue weighted by Gasteiger charge is 2.08. The molecule has 1 atom stereocenters. The van der Waals surface area contributed by atoms with E-state index in [0.717, 1.165) is 4.31 Å². The summed E-state index contributed by atoms with van der Waals surface area (Å²) in [6, 6.07) is 0. The van der Waals surface area contributed by atoms with E-state index in [4.69, 9.17) is 11.5 Å². The Morgan fingerprint density at radius 3 is 1.71 bits per heavy atom. The van der Waals surface area contributed by atoms with Gasteiger partial charge in [0.2, 0.25) is 11.8 Å². The van der Waals surface area contributed by atoms with Gasteiger partial charge in [-0.3, -0.25) is 13.8 Å². The molecule has 0 aromatic rings. The van der Waals surface area contributed by atoms with Crippen molar-refractivity contribution in [3.05, 3.63) is 0 Å². The predicted octanol–water partition coefficient (Wildman–Crippen LogP) is -2.17. The first-order valence-electron chi connectivity index (χ1n) is 3.84. The van der Waals surface area contributed by atoms with Crippen LogP contribution in [0.5, 0.6) is 0 Å². The first kappa shape index (κ1) is 13.0. The van der Waals surface area contributed by atoms with Crippen molar-refractivity contribution >= 4 is 23.1 Å². The van der Waals surface area contributed by atoms with Gasteiger partial charge >= 0.3 is 0 Å². The number of hydrogen-bond donors (Lipinski definition) is 2. The van der Waals surface area contributed by atoms with Crippen molar-refractivity contribution in [1.82, 2.24) is 4.31 Å². The molecule has 2 amide bonds. The molecule has 8 heteroatoms. The number of nitrogens with two attached hydrogens (primary N) is 2. The minimum atomic E-state index is -2.47. The van der Waals surface area contributed by atoms with Crippen molar-refractivity contribution in [3.8, 4) is 0 Å². The minimum absolute atomic E-state index is 0.0290. The van der Waals surface area contributed by atoms with E-state index in [1.54, 1.807) is 0 Å². The molecule has 7 nitrogen and oxygen atoms in total. The molecule has 1 unspecified atom stereocenters. The zero-order chi connectivity index (χ0) is 11.1. The second-order valence-corrected chi connectivity index (χ2v) is 3.53. The van der Waals surface area contributed by atoms with Crippen LogP contribution in [0.2, 0.25) is 0 Å². The third-order valence-corrected chi connectivity index (χ3v) is 2.21. The van der Waals surface area contributed by atoms with Gasteiger partial charge in [-0.25, -0.2) is 4.31 Å². The Morgan fingerprint density at radius 1 is 1.14 bits per heavy atom. The molecule has 82 valence electrons. The fourth-order valence-corrected chi connectivity index (χ4v) is 1.21. The number of nitrogens with zero attached hydrogens (tertiary/aromatic N) is 1. The second-order valence-electron chi connectivity index (χ2n) is 2.58. The molecule has 0 aromatic heterocycles. The predicted molar refractivity (Wildman–Crippen MR) is 48.1 cm³/mol. The summed E-state index contributed by atoms with van der Waals surface area (Å²) < 4.78 is 22.0. The van der Waals surface area contributed by atoms with Gasteiger partial charge in [-0.15, -0.1) is 0 Å². The number of rotatable bonds is 7. The van der Waals surface area contributed by atoms with Crippen LogP contribution >= 0.6 is 0 Å². The van der Waals surface area contributed by atoms with E-state index in [1.807, 2.05) is 0 Å². The average Bonchev–Trinajstić information content (AvgIpc) is 2.02. The number of primary amides is 2. The molecule has 4 N–H and O–H groups in total. The van der Waals surface area contributed by atoms with Crippen LogP contribution in [0.1, 0.15) is 12.8 Å². The lowest BCUT2D eigenvalue weighted by molar-refractivity contribution is -0.118. The van der Waals surface area contributed by atoms with E-state index in [0.29, 0.717) is 0 Å². The Kier molecular flexibility index (Phi) is 6.00. The zero-order valence-electron chi connectivity index (χ0n) is 7.47. The third-order valence-electron chi connectivity index (χ3n) is 1.43. The molecule has 0 aliphatic rings. The summed E-state index contributed by atoms with van der Waals surface area (Å²) >= 11 is -2.47. The van der Waals surface area contributed by atoms with Crippen molar-refractivity contribution in [2.75, 3.05) is 13.1 Å². The molecule has 0 aromatic carbocycles. The molecule has 0 radical (unpaired) electrons. The molecule has 0 spiro atoms. The van der Waals surface area contributed by atoms with E-state index >= 15 is 0 Å². The molecule has 0 saturated carbocycles. The van der Waals surface area contributed by atoms with Crippen LogP contribution in [0.15, 0.2) is 0 Å². The summed E-state index contributed by atoms with van der Waals surface area (Å²) in [4.78, 5) is 20.7. The normalized spacial score (nSPS) is 12.7. The number of hydrogen-bond acceptors (Lipinski definition) is 4. The third kappa shape index (κ3) is 6.52. The maximum absolute atomic E-state index is 10.5. The maximum atomic E-state index is 10.5. The van der Waals surface area contributed by atoms with Gasteiger partial charge in [-0.1, -0.05) is 0 Å². The van der Waals surface area contributed by atoms with Gasteiger partial charge in [0.15, 0.2) is 0 Å². The molecule has 0 aliphatic carbocycles. The number of amides is 2. The van der Waals surface area contributed by atoms with Gasteiger partial charge in [-0.05, 0) is 0 Å². The Bertz CT molecular complexity index is 227. The lowest BCUT2D eigenvalue weighted by Crippen LogP contribution is -2.32. The van der Waals surface area contributed by atoms with E-state index in [-0.39, 0.29) is 25.9 Å². The molecule has 0 heterocycles. The zero-order valence-corrected chi connectivity index (χ0v) is 8.29. The van der Waals surface area contributed by atoms with E-state index in [9.17, 15) is 18.4 Å². The quantitative estimate of drug-likeness (QED) is 0.475. The first-order chi connectivity index (χ1) is 6.43. The molecular weight excluding hydrogens is 210 g/mol. The smallest absolute Gasteiger partial charge is 0.218 e. The van der Waals surface area contributed by atoms with Crippen LogP contribution < -0.4 is 11.5 Å². The minimum Gasteiger partial charge on any atom is -0.760 e. The highest BCUT2D eigenvalue weighted by atomic mass is 32.2. The fraction of sp³-hybridized carbons (Fsp3) is 0.667. The van der Waals surface area contributed by atoms with Gasteiger partial charge in [0.05, 0.1) is 0 Å². The summed E-state index contributed by atoms with van der Waals surface area (Å²) in [7, 11) is 0. The summed E-state index contributed by atoms with van der Waals surface area (Å²) in [5.74, 6) is -1.20. The van der Waals surface area contributed by atoms with Gasteiger partial charge in [0.25, 0.3) is 0 Å². The molecule has 0 fully saturated rings. The largest absolute Gasteiger partial charge is 0.760 e. The summed E-state index contributed by atoms with van der Waals surface area (Å²) in [6.07, 6.45) is -0.153. The van der Waals surface area contributed by atoms with Crippen molar-refractivity contribution in [1.29, 1.82) is 0 Å². The molecule has 0 saturated heterocycles. The number of carbonyl (C=O) groups is 2. The van der Waals surface area contributed by atoms with Crippen LogP contribution in [-0.2, 0) is 20.9 Å². The SMILES string of the molecule is NC(=O)CCN(CCC(N)=O)S(=O)[O-]. The molecule has 0 aliphatic heterocycles. The number of carbonyl (C=O) groups excluding carboxylic acids is 2. The van der Waals surface area contributed by atoms with Crippen molar-refractivity contribution in [2.45, 2.75) is 12.8 Å².